The van der Waals surface area contributed by atoms with Gasteiger partial charge in [-0.2, -0.15) is 0 Å². The minimum Gasteiger partial charge on any atom is -0.381 e. The maximum atomic E-state index is 10.7. The Labute approximate surface area is 127 Å². The number of hydrogen-bond acceptors (Lipinski definition) is 3. The Bertz CT molecular complexity index is 406. The summed E-state index contributed by atoms with van der Waals surface area (Å²) >= 11 is 0. The topological polar surface area (TPSA) is 76.4 Å². The number of ether oxygens (including phenoxy) is 1. The maximum Gasteiger partial charge on any atom is 0.316 e. The normalized spacial score (nSPS) is 12.1. The second-order valence-corrected chi connectivity index (χ2v) is 5.11. The van der Waals surface area contributed by atoms with Crippen molar-refractivity contribution in [3.63, 3.8) is 0 Å². The van der Waals surface area contributed by atoms with Crippen molar-refractivity contribution in [3.05, 3.63) is 29.8 Å². The third-order valence-electron chi connectivity index (χ3n) is 3.24. The molecule has 4 N–H and O–H groups in total. The number of nitrogens with two attached hydrogens (primary N) is 1. The van der Waals surface area contributed by atoms with E-state index in [0.29, 0.717) is 5.69 Å². The van der Waals surface area contributed by atoms with E-state index in [9.17, 15) is 4.79 Å². The second-order valence-electron chi connectivity index (χ2n) is 5.11. The van der Waals surface area contributed by atoms with Crippen molar-refractivity contribution in [2.45, 2.75) is 39.2 Å². The van der Waals surface area contributed by atoms with E-state index in [2.05, 4.69) is 24.5 Å². The monoisotopic (exact) mass is 293 g/mol. The number of rotatable bonds is 10. The summed E-state index contributed by atoms with van der Waals surface area (Å²) in [4.78, 5) is 10.7. The summed E-state index contributed by atoms with van der Waals surface area (Å²) in [6.07, 6.45) is 3.32. The molecule has 1 aromatic rings. The van der Waals surface area contributed by atoms with Gasteiger partial charge in [-0.25, -0.2) is 4.79 Å². The van der Waals surface area contributed by atoms with Gasteiger partial charge in [0.25, 0.3) is 0 Å². The van der Waals surface area contributed by atoms with Gasteiger partial charge in [0.1, 0.15) is 0 Å². The molecule has 0 bridgehead atoms. The first-order valence-electron chi connectivity index (χ1n) is 7.61. The standard InChI is InChI=1S/C16H27N3O2/c1-3-4-11-21-12-5-10-18-13(2)14-6-8-15(9-7-14)19-16(17)20/h6-9,13,18H,3-5,10-12H2,1-2H3,(H3,17,19,20). The molecule has 0 aliphatic heterocycles. The van der Waals surface area contributed by atoms with Crippen LogP contribution in [0, 0.1) is 0 Å². The van der Waals surface area contributed by atoms with Crippen LogP contribution in [0.4, 0.5) is 10.5 Å². The minimum atomic E-state index is -0.544. The molecule has 0 aliphatic rings. The summed E-state index contributed by atoms with van der Waals surface area (Å²) in [5.41, 5.74) is 6.96. The van der Waals surface area contributed by atoms with Crippen LogP contribution in [0.1, 0.15) is 44.7 Å². The van der Waals surface area contributed by atoms with Gasteiger partial charge in [-0.3, -0.25) is 0 Å². The smallest absolute Gasteiger partial charge is 0.316 e. The summed E-state index contributed by atoms with van der Waals surface area (Å²) in [6, 6.07) is 7.40. The highest BCUT2D eigenvalue weighted by molar-refractivity contribution is 5.87. The number of nitrogens with one attached hydrogen (secondary N) is 2. The highest BCUT2D eigenvalue weighted by atomic mass is 16.5. The molecule has 0 radical (unpaired) electrons. The van der Waals surface area contributed by atoms with Crippen LogP contribution >= 0.6 is 0 Å². The van der Waals surface area contributed by atoms with Crippen molar-refractivity contribution >= 4 is 11.7 Å². The Morgan fingerprint density at radius 1 is 1.24 bits per heavy atom. The van der Waals surface area contributed by atoms with Crippen LogP contribution < -0.4 is 16.4 Å². The van der Waals surface area contributed by atoms with Crippen LogP contribution in [0.2, 0.25) is 0 Å². The molecule has 0 fully saturated rings. The number of unbranched alkanes of at least 4 members (excludes halogenated alkanes) is 1. The average molecular weight is 293 g/mol. The molecule has 0 spiro atoms. The zero-order chi connectivity index (χ0) is 15.5. The van der Waals surface area contributed by atoms with Gasteiger partial charge in [0.15, 0.2) is 0 Å². The van der Waals surface area contributed by atoms with E-state index in [1.807, 2.05) is 24.3 Å². The lowest BCUT2D eigenvalue weighted by Gasteiger charge is -2.15. The predicted molar refractivity (Wildman–Crippen MR) is 86.4 cm³/mol. The first kappa shape index (κ1) is 17.5. The van der Waals surface area contributed by atoms with Gasteiger partial charge in [0.05, 0.1) is 0 Å². The maximum absolute atomic E-state index is 10.7. The summed E-state index contributed by atoms with van der Waals surface area (Å²) in [5, 5.41) is 6.01. The molecule has 21 heavy (non-hydrogen) atoms. The molecule has 5 nitrogen and oxygen atoms in total. The Hall–Kier alpha value is -1.59. The van der Waals surface area contributed by atoms with E-state index in [4.69, 9.17) is 10.5 Å². The largest absolute Gasteiger partial charge is 0.381 e. The van der Waals surface area contributed by atoms with E-state index >= 15 is 0 Å². The quantitative estimate of drug-likeness (QED) is 0.580. The van der Waals surface area contributed by atoms with Crippen LogP contribution in [-0.4, -0.2) is 25.8 Å². The van der Waals surface area contributed by atoms with Crippen molar-refractivity contribution in [3.8, 4) is 0 Å². The third-order valence-corrected chi connectivity index (χ3v) is 3.24. The van der Waals surface area contributed by atoms with Gasteiger partial charge in [-0.1, -0.05) is 25.5 Å². The van der Waals surface area contributed by atoms with Crippen LogP contribution in [-0.2, 0) is 4.74 Å². The lowest BCUT2D eigenvalue weighted by molar-refractivity contribution is 0.128. The number of urea groups is 1. The van der Waals surface area contributed by atoms with Gasteiger partial charge >= 0.3 is 6.03 Å². The summed E-state index contributed by atoms with van der Waals surface area (Å²) in [6.45, 7) is 6.88. The summed E-state index contributed by atoms with van der Waals surface area (Å²) in [7, 11) is 0. The molecule has 1 aromatic carbocycles. The zero-order valence-corrected chi connectivity index (χ0v) is 13.0. The number of carbonyl (C=O) groups excluding carboxylic acids is 1. The molecule has 1 rings (SSSR count). The van der Waals surface area contributed by atoms with Crippen LogP contribution in [0.25, 0.3) is 0 Å². The average Bonchev–Trinajstić information content (AvgIpc) is 2.46. The van der Waals surface area contributed by atoms with Crippen LogP contribution in [0.15, 0.2) is 24.3 Å². The molecule has 1 atom stereocenters. The van der Waals surface area contributed by atoms with Crippen LogP contribution in [0.3, 0.4) is 0 Å². The van der Waals surface area contributed by atoms with E-state index in [1.54, 1.807) is 0 Å². The molecule has 0 saturated heterocycles. The molecule has 1 unspecified atom stereocenters. The molecular formula is C16H27N3O2. The van der Waals surface area contributed by atoms with E-state index in [1.165, 1.54) is 12.0 Å². The van der Waals surface area contributed by atoms with E-state index in [-0.39, 0.29) is 6.04 Å². The lowest BCUT2D eigenvalue weighted by Crippen LogP contribution is -2.21. The Morgan fingerprint density at radius 2 is 1.90 bits per heavy atom. The first-order chi connectivity index (χ1) is 10.1. The summed E-state index contributed by atoms with van der Waals surface area (Å²) < 4.78 is 5.52. The lowest BCUT2D eigenvalue weighted by atomic mass is 10.1. The zero-order valence-electron chi connectivity index (χ0n) is 13.0. The highest BCUT2D eigenvalue weighted by Crippen LogP contribution is 2.15. The molecular weight excluding hydrogens is 266 g/mol. The molecule has 0 heterocycles. The van der Waals surface area contributed by atoms with Crippen molar-refractivity contribution in [1.82, 2.24) is 5.32 Å². The van der Waals surface area contributed by atoms with Crippen molar-refractivity contribution in [2.75, 3.05) is 25.1 Å². The van der Waals surface area contributed by atoms with Gasteiger partial charge in [0.2, 0.25) is 0 Å². The first-order valence-corrected chi connectivity index (χ1v) is 7.61. The minimum absolute atomic E-state index is 0.267. The van der Waals surface area contributed by atoms with Crippen LogP contribution in [0.5, 0.6) is 0 Å². The van der Waals surface area contributed by atoms with Crippen molar-refractivity contribution in [2.24, 2.45) is 5.73 Å². The fourth-order valence-corrected chi connectivity index (χ4v) is 1.96. The molecule has 0 aliphatic carbocycles. The van der Waals surface area contributed by atoms with Gasteiger partial charge in [0, 0.05) is 24.9 Å². The number of amides is 2. The van der Waals surface area contributed by atoms with Crippen molar-refractivity contribution < 1.29 is 9.53 Å². The Balaban J connectivity index is 2.22. The Kier molecular flexibility index (Phi) is 8.47. The summed E-state index contributed by atoms with van der Waals surface area (Å²) in [5.74, 6) is 0. The molecule has 0 saturated carbocycles. The number of carbonyl (C=O) groups is 1. The number of primary amides is 1. The van der Waals surface area contributed by atoms with Gasteiger partial charge in [-0.15, -0.1) is 0 Å². The molecule has 2 amide bonds. The molecule has 5 heteroatoms. The number of anilines is 1. The highest BCUT2D eigenvalue weighted by Gasteiger charge is 2.04. The van der Waals surface area contributed by atoms with E-state index in [0.717, 1.165) is 32.6 Å². The predicted octanol–water partition coefficient (Wildman–Crippen LogP) is 3.03. The third kappa shape index (κ3) is 7.68. The van der Waals surface area contributed by atoms with Gasteiger partial charge in [-0.05, 0) is 44.0 Å². The number of hydrogen-bond donors (Lipinski definition) is 3. The fourth-order valence-electron chi connectivity index (χ4n) is 1.96. The van der Waals surface area contributed by atoms with E-state index < -0.39 is 6.03 Å². The molecule has 0 aromatic heterocycles. The fraction of sp³-hybridized carbons (Fsp3) is 0.562. The van der Waals surface area contributed by atoms with Crippen molar-refractivity contribution in [1.29, 1.82) is 0 Å². The second kappa shape index (κ2) is 10.2. The Morgan fingerprint density at radius 3 is 2.52 bits per heavy atom. The SMILES string of the molecule is CCCCOCCCNC(C)c1ccc(NC(N)=O)cc1. The molecule has 118 valence electrons. The number of benzene rings is 1. The van der Waals surface area contributed by atoms with Gasteiger partial charge < -0.3 is 21.1 Å².